The van der Waals surface area contributed by atoms with Gasteiger partial charge in [-0.2, -0.15) is 0 Å². The van der Waals surface area contributed by atoms with Crippen molar-refractivity contribution in [3.63, 3.8) is 0 Å². The SMILES string of the molecule is C[C@@H](NCc1cccc(C(C)(C)O)c1)c1ccccc1. The first kappa shape index (κ1) is 14.8. The van der Waals surface area contributed by atoms with E-state index in [0.717, 1.165) is 12.1 Å². The summed E-state index contributed by atoms with van der Waals surface area (Å²) < 4.78 is 0. The highest BCUT2D eigenvalue weighted by Gasteiger charge is 2.15. The van der Waals surface area contributed by atoms with Crippen LogP contribution < -0.4 is 5.32 Å². The molecule has 0 radical (unpaired) electrons. The Morgan fingerprint density at radius 1 is 1.05 bits per heavy atom. The van der Waals surface area contributed by atoms with Crippen LogP contribution in [0.25, 0.3) is 0 Å². The summed E-state index contributed by atoms with van der Waals surface area (Å²) in [6.07, 6.45) is 0. The Morgan fingerprint density at radius 2 is 1.75 bits per heavy atom. The number of rotatable bonds is 5. The molecule has 2 heteroatoms. The van der Waals surface area contributed by atoms with Crippen molar-refractivity contribution in [1.29, 1.82) is 0 Å². The first-order chi connectivity index (χ1) is 9.47. The predicted molar refractivity (Wildman–Crippen MR) is 83.4 cm³/mol. The van der Waals surface area contributed by atoms with Gasteiger partial charge in [0, 0.05) is 12.6 Å². The van der Waals surface area contributed by atoms with E-state index in [2.05, 4.69) is 48.6 Å². The van der Waals surface area contributed by atoms with E-state index in [9.17, 15) is 5.11 Å². The van der Waals surface area contributed by atoms with Gasteiger partial charge in [-0.1, -0.05) is 54.6 Å². The molecule has 0 bridgehead atoms. The molecule has 0 unspecified atom stereocenters. The van der Waals surface area contributed by atoms with E-state index in [1.807, 2.05) is 32.0 Å². The van der Waals surface area contributed by atoms with Crippen molar-refractivity contribution >= 4 is 0 Å². The van der Waals surface area contributed by atoms with Crippen molar-refractivity contribution in [3.8, 4) is 0 Å². The van der Waals surface area contributed by atoms with Crippen molar-refractivity contribution in [3.05, 3.63) is 71.3 Å². The van der Waals surface area contributed by atoms with Crippen LogP contribution in [0.1, 0.15) is 43.5 Å². The fourth-order valence-corrected chi connectivity index (χ4v) is 2.19. The monoisotopic (exact) mass is 269 g/mol. The molecule has 0 saturated heterocycles. The lowest BCUT2D eigenvalue weighted by molar-refractivity contribution is 0.0785. The Labute approximate surface area is 121 Å². The summed E-state index contributed by atoms with van der Waals surface area (Å²) in [5.41, 5.74) is 2.63. The highest BCUT2D eigenvalue weighted by molar-refractivity contribution is 5.27. The molecule has 2 aromatic carbocycles. The zero-order valence-corrected chi connectivity index (χ0v) is 12.4. The summed E-state index contributed by atoms with van der Waals surface area (Å²) in [4.78, 5) is 0. The largest absolute Gasteiger partial charge is 0.386 e. The predicted octanol–water partition coefficient (Wildman–Crippen LogP) is 3.76. The third-order valence-corrected chi connectivity index (χ3v) is 3.55. The lowest BCUT2D eigenvalue weighted by Crippen LogP contribution is -2.19. The van der Waals surface area contributed by atoms with E-state index in [1.54, 1.807) is 0 Å². The summed E-state index contributed by atoms with van der Waals surface area (Å²) >= 11 is 0. The normalized spacial score (nSPS) is 13.2. The molecule has 2 aromatic rings. The van der Waals surface area contributed by atoms with E-state index >= 15 is 0 Å². The Balaban J connectivity index is 2.01. The van der Waals surface area contributed by atoms with Gasteiger partial charge in [0.05, 0.1) is 5.60 Å². The maximum Gasteiger partial charge on any atom is 0.0840 e. The molecule has 2 nitrogen and oxygen atoms in total. The molecule has 0 aliphatic rings. The molecule has 0 aromatic heterocycles. The standard InChI is InChI=1S/C18H23NO/c1-14(16-9-5-4-6-10-16)19-13-15-8-7-11-17(12-15)18(2,3)20/h4-12,14,19-20H,13H2,1-3H3/t14-/m1/s1. The fourth-order valence-electron chi connectivity index (χ4n) is 2.19. The van der Waals surface area contributed by atoms with Crippen LogP contribution in [0, 0.1) is 0 Å². The van der Waals surface area contributed by atoms with Gasteiger partial charge in [0.2, 0.25) is 0 Å². The second-order valence-electron chi connectivity index (χ2n) is 5.77. The first-order valence-corrected chi connectivity index (χ1v) is 7.07. The highest BCUT2D eigenvalue weighted by atomic mass is 16.3. The van der Waals surface area contributed by atoms with Gasteiger partial charge in [0.1, 0.15) is 0 Å². The van der Waals surface area contributed by atoms with Crippen LogP contribution in [0.3, 0.4) is 0 Å². The quantitative estimate of drug-likeness (QED) is 0.866. The molecule has 0 spiro atoms. The molecule has 106 valence electrons. The smallest absolute Gasteiger partial charge is 0.0840 e. The molecular formula is C18H23NO. The van der Waals surface area contributed by atoms with Crippen LogP contribution in [-0.2, 0) is 12.1 Å². The minimum Gasteiger partial charge on any atom is -0.386 e. The van der Waals surface area contributed by atoms with Crippen LogP contribution in [0.15, 0.2) is 54.6 Å². The third kappa shape index (κ3) is 3.92. The minimum atomic E-state index is -0.791. The second-order valence-corrected chi connectivity index (χ2v) is 5.77. The van der Waals surface area contributed by atoms with Gasteiger partial charge in [-0.15, -0.1) is 0 Å². The van der Waals surface area contributed by atoms with E-state index in [-0.39, 0.29) is 0 Å². The number of hydrogen-bond acceptors (Lipinski definition) is 2. The van der Waals surface area contributed by atoms with E-state index < -0.39 is 5.60 Å². The van der Waals surface area contributed by atoms with Crippen molar-refractivity contribution in [2.45, 2.75) is 39.0 Å². The van der Waals surface area contributed by atoms with Crippen molar-refractivity contribution in [1.82, 2.24) is 5.32 Å². The second kappa shape index (κ2) is 6.21. The fraction of sp³-hybridized carbons (Fsp3) is 0.333. The Bertz CT molecular complexity index is 543. The molecule has 0 amide bonds. The molecule has 0 fully saturated rings. The third-order valence-electron chi connectivity index (χ3n) is 3.55. The van der Waals surface area contributed by atoms with Gasteiger partial charge in [0.15, 0.2) is 0 Å². The summed E-state index contributed by atoms with van der Waals surface area (Å²) in [6, 6.07) is 18.8. The average Bonchev–Trinajstić information content (AvgIpc) is 2.45. The minimum absolute atomic E-state index is 0.307. The molecule has 0 aliphatic carbocycles. The van der Waals surface area contributed by atoms with Gasteiger partial charge >= 0.3 is 0 Å². The lowest BCUT2D eigenvalue weighted by atomic mass is 9.96. The van der Waals surface area contributed by atoms with Crippen LogP contribution in [0.2, 0.25) is 0 Å². The zero-order valence-electron chi connectivity index (χ0n) is 12.4. The Hall–Kier alpha value is -1.64. The first-order valence-electron chi connectivity index (χ1n) is 7.07. The molecule has 2 N–H and O–H groups in total. The van der Waals surface area contributed by atoms with Crippen LogP contribution in [0.5, 0.6) is 0 Å². The van der Waals surface area contributed by atoms with Gasteiger partial charge in [-0.3, -0.25) is 0 Å². The van der Waals surface area contributed by atoms with Crippen molar-refractivity contribution in [2.75, 3.05) is 0 Å². The zero-order chi connectivity index (χ0) is 14.6. The molecule has 2 rings (SSSR count). The molecule has 0 aliphatic heterocycles. The van der Waals surface area contributed by atoms with Crippen LogP contribution >= 0.6 is 0 Å². The number of aliphatic hydroxyl groups is 1. The van der Waals surface area contributed by atoms with Gasteiger partial charge in [-0.25, -0.2) is 0 Å². The van der Waals surface area contributed by atoms with E-state index in [0.29, 0.717) is 6.04 Å². The number of nitrogens with one attached hydrogen (secondary N) is 1. The van der Waals surface area contributed by atoms with Crippen molar-refractivity contribution in [2.24, 2.45) is 0 Å². The molecule has 20 heavy (non-hydrogen) atoms. The summed E-state index contributed by atoms with van der Waals surface area (Å²) in [6.45, 7) is 6.58. The maximum absolute atomic E-state index is 10.0. The number of benzene rings is 2. The Morgan fingerprint density at radius 3 is 2.40 bits per heavy atom. The lowest BCUT2D eigenvalue weighted by Gasteiger charge is -2.19. The molecule has 1 atom stereocenters. The van der Waals surface area contributed by atoms with Gasteiger partial charge < -0.3 is 10.4 Å². The summed E-state index contributed by atoms with van der Waals surface area (Å²) in [5.74, 6) is 0. The van der Waals surface area contributed by atoms with Crippen LogP contribution in [-0.4, -0.2) is 5.11 Å². The summed E-state index contributed by atoms with van der Waals surface area (Å²) in [5, 5.41) is 13.6. The highest BCUT2D eigenvalue weighted by Crippen LogP contribution is 2.21. The summed E-state index contributed by atoms with van der Waals surface area (Å²) in [7, 11) is 0. The molecule has 0 saturated carbocycles. The van der Waals surface area contributed by atoms with E-state index in [1.165, 1.54) is 11.1 Å². The molecular weight excluding hydrogens is 246 g/mol. The molecule has 0 heterocycles. The topological polar surface area (TPSA) is 32.3 Å². The van der Waals surface area contributed by atoms with Crippen LogP contribution in [0.4, 0.5) is 0 Å². The van der Waals surface area contributed by atoms with Crippen molar-refractivity contribution < 1.29 is 5.11 Å². The average molecular weight is 269 g/mol. The maximum atomic E-state index is 10.0. The van der Waals surface area contributed by atoms with E-state index in [4.69, 9.17) is 0 Å². The van der Waals surface area contributed by atoms with Gasteiger partial charge in [0.25, 0.3) is 0 Å². The van der Waals surface area contributed by atoms with Gasteiger partial charge in [-0.05, 0) is 37.5 Å². The Kier molecular flexibility index (Phi) is 4.58. The number of hydrogen-bond donors (Lipinski definition) is 2.